The molecule has 20 heavy (non-hydrogen) atoms. The molecular formula is C17H13F2N. The first-order valence-corrected chi connectivity index (χ1v) is 6.49. The summed E-state index contributed by atoms with van der Waals surface area (Å²) in [6.45, 7) is 0. The Labute approximate surface area is 116 Å². The zero-order valence-corrected chi connectivity index (χ0v) is 10.8. The van der Waals surface area contributed by atoms with Gasteiger partial charge in [-0.3, -0.25) is 4.99 Å². The average molecular weight is 269 g/mol. The topological polar surface area (TPSA) is 12.4 Å². The first-order valence-electron chi connectivity index (χ1n) is 6.49. The maximum absolute atomic E-state index is 14.1. The molecule has 3 heteroatoms. The molecule has 0 aromatic heterocycles. The Balaban J connectivity index is 2.15. The maximum atomic E-state index is 14.1. The van der Waals surface area contributed by atoms with Crippen LogP contribution in [0, 0.1) is 11.6 Å². The van der Waals surface area contributed by atoms with Crippen LogP contribution in [0.15, 0.2) is 65.3 Å². The molecule has 1 nitrogen and oxygen atoms in total. The van der Waals surface area contributed by atoms with Crippen LogP contribution in [-0.2, 0) is 0 Å². The first-order chi connectivity index (χ1) is 9.77. The van der Waals surface area contributed by atoms with E-state index in [-0.39, 0.29) is 5.92 Å². The van der Waals surface area contributed by atoms with Crippen LogP contribution < -0.4 is 0 Å². The molecule has 2 aromatic rings. The molecule has 1 aliphatic heterocycles. The van der Waals surface area contributed by atoms with E-state index in [4.69, 9.17) is 0 Å². The largest absolute Gasteiger partial charge is 0.265 e. The number of nitrogens with zero attached hydrogens (tertiary/aromatic N) is 1. The van der Waals surface area contributed by atoms with Crippen molar-refractivity contribution in [3.8, 4) is 0 Å². The molecule has 0 spiro atoms. The fourth-order valence-corrected chi connectivity index (χ4v) is 2.48. The van der Waals surface area contributed by atoms with E-state index >= 15 is 0 Å². The van der Waals surface area contributed by atoms with Gasteiger partial charge in [0.1, 0.15) is 0 Å². The molecule has 1 heterocycles. The molecule has 100 valence electrons. The molecule has 0 aliphatic carbocycles. The van der Waals surface area contributed by atoms with E-state index in [0.29, 0.717) is 5.56 Å². The van der Waals surface area contributed by atoms with E-state index in [1.807, 2.05) is 36.4 Å². The van der Waals surface area contributed by atoms with Crippen LogP contribution in [0.2, 0.25) is 0 Å². The van der Waals surface area contributed by atoms with Crippen molar-refractivity contribution in [2.45, 2.75) is 12.3 Å². The summed E-state index contributed by atoms with van der Waals surface area (Å²) in [7, 11) is 0. The quantitative estimate of drug-likeness (QED) is 0.780. The fourth-order valence-electron chi connectivity index (χ4n) is 2.48. The fraction of sp³-hybridized carbons (Fsp3) is 0.118. The molecule has 0 bridgehead atoms. The van der Waals surface area contributed by atoms with E-state index in [1.54, 1.807) is 12.3 Å². The Morgan fingerprint density at radius 1 is 0.950 bits per heavy atom. The molecule has 0 saturated carbocycles. The monoisotopic (exact) mass is 269 g/mol. The normalized spacial score (nSPS) is 15.2. The van der Waals surface area contributed by atoms with Gasteiger partial charge >= 0.3 is 0 Å². The Hall–Kier alpha value is -2.29. The van der Waals surface area contributed by atoms with Crippen molar-refractivity contribution in [1.29, 1.82) is 0 Å². The van der Waals surface area contributed by atoms with Crippen LogP contribution in [0.4, 0.5) is 8.78 Å². The van der Waals surface area contributed by atoms with Gasteiger partial charge in [0.25, 0.3) is 0 Å². The summed E-state index contributed by atoms with van der Waals surface area (Å²) >= 11 is 0. The number of hydrogen-bond donors (Lipinski definition) is 0. The minimum absolute atomic E-state index is 0.321. The number of hydrogen-bond acceptors (Lipinski definition) is 1. The minimum Gasteiger partial charge on any atom is -0.265 e. The van der Waals surface area contributed by atoms with Crippen LogP contribution in [-0.4, -0.2) is 6.21 Å². The molecule has 0 N–H and O–H groups in total. The lowest BCUT2D eigenvalue weighted by molar-refractivity contribution is 0.497. The third-order valence-corrected chi connectivity index (χ3v) is 3.39. The van der Waals surface area contributed by atoms with Crippen molar-refractivity contribution in [1.82, 2.24) is 0 Å². The van der Waals surface area contributed by atoms with Gasteiger partial charge < -0.3 is 0 Å². The zero-order chi connectivity index (χ0) is 13.9. The van der Waals surface area contributed by atoms with E-state index in [0.717, 1.165) is 23.7 Å². The summed E-state index contributed by atoms with van der Waals surface area (Å²) in [6, 6.07) is 13.8. The molecule has 3 rings (SSSR count). The van der Waals surface area contributed by atoms with Crippen LogP contribution in [0.3, 0.4) is 0 Å². The van der Waals surface area contributed by atoms with Gasteiger partial charge in [0, 0.05) is 23.9 Å². The van der Waals surface area contributed by atoms with Crippen LogP contribution >= 0.6 is 0 Å². The van der Waals surface area contributed by atoms with Crippen molar-refractivity contribution in [2.24, 2.45) is 4.99 Å². The summed E-state index contributed by atoms with van der Waals surface area (Å²) in [5.41, 5.74) is 1.99. The lowest BCUT2D eigenvalue weighted by Gasteiger charge is -2.18. The van der Waals surface area contributed by atoms with Crippen molar-refractivity contribution in [3.63, 3.8) is 0 Å². The van der Waals surface area contributed by atoms with Gasteiger partial charge in [0.05, 0.1) is 5.92 Å². The van der Waals surface area contributed by atoms with E-state index in [2.05, 4.69) is 4.99 Å². The highest BCUT2D eigenvalue weighted by atomic mass is 19.2. The van der Waals surface area contributed by atoms with E-state index in [9.17, 15) is 8.78 Å². The van der Waals surface area contributed by atoms with Crippen molar-refractivity contribution < 1.29 is 8.78 Å². The number of benzene rings is 2. The van der Waals surface area contributed by atoms with Crippen LogP contribution in [0.1, 0.15) is 23.5 Å². The second kappa shape index (κ2) is 5.37. The molecule has 0 radical (unpaired) electrons. The summed E-state index contributed by atoms with van der Waals surface area (Å²) in [5, 5.41) is 0. The Kier molecular flexibility index (Phi) is 3.42. The van der Waals surface area contributed by atoms with Crippen molar-refractivity contribution in [3.05, 3.63) is 83.1 Å². The maximum Gasteiger partial charge on any atom is 0.163 e. The third-order valence-electron chi connectivity index (χ3n) is 3.39. The highest BCUT2D eigenvalue weighted by Gasteiger charge is 2.24. The number of aliphatic imine (C=N–C) groups is 1. The molecule has 2 aromatic carbocycles. The Morgan fingerprint density at radius 3 is 2.45 bits per heavy atom. The summed E-state index contributed by atoms with van der Waals surface area (Å²) in [5.74, 6) is -2.00. The minimum atomic E-state index is -0.828. The molecular weight excluding hydrogens is 256 g/mol. The molecule has 1 aliphatic rings. The number of allylic oxidation sites excluding steroid dienone is 2. The SMILES string of the molecule is Fc1cccc(C(C2=CCC=N2)c2ccccc2)c1F. The second-order valence-corrected chi connectivity index (χ2v) is 4.66. The highest BCUT2D eigenvalue weighted by molar-refractivity contribution is 5.66. The Morgan fingerprint density at radius 2 is 1.75 bits per heavy atom. The lowest BCUT2D eigenvalue weighted by atomic mass is 9.88. The predicted octanol–water partition coefficient (Wildman–Crippen LogP) is 4.46. The van der Waals surface area contributed by atoms with E-state index < -0.39 is 11.6 Å². The molecule has 0 saturated heterocycles. The van der Waals surface area contributed by atoms with E-state index in [1.165, 1.54) is 6.07 Å². The Bertz CT molecular complexity index is 675. The van der Waals surface area contributed by atoms with Crippen molar-refractivity contribution in [2.75, 3.05) is 0 Å². The standard InChI is InChI=1S/C17H13F2N/c18-14-9-4-8-13(17(14)19)16(15-10-5-11-20-15)12-6-2-1-3-7-12/h1-4,6-11,16H,5H2. The molecule has 1 atom stereocenters. The summed E-state index contributed by atoms with van der Waals surface area (Å²) < 4.78 is 27.6. The first kappa shape index (κ1) is 12.7. The van der Waals surface area contributed by atoms with Gasteiger partial charge in [-0.15, -0.1) is 0 Å². The van der Waals surface area contributed by atoms with Crippen molar-refractivity contribution >= 4 is 6.21 Å². The average Bonchev–Trinajstić information content (AvgIpc) is 2.99. The van der Waals surface area contributed by atoms with Gasteiger partial charge in [-0.2, -0.15) is 0 Å². The van der Waals surface area contributed by atoms with Crippen LogP contribution in [0.5, 0.6) is 0 Å². The highest BCUT2D eigenvalue weighted by Crippen LogP contribution is 2.35. The molecule has 1 unspecified atom stereocenters. The molecule has 0 fully saturated rings. The number of rotatable bonds is 3. The predicted molar refractivity (Wildman–Crippen MR) is 75.8 cm³/mol. The van der Waals surface area contributed by atoms with Crippen LogP contribution in [0.25, 0.3) is 0 Å². The second-order valence-electron chi connectivity index (χ2n) is 4.66. The lowest BCUT2D eigenvalue weighted by Crippen LogP contribution is -2.06. The molecule has 0 amide bonds. The summed E-state index contributed by atoms with van der Waals surface area (Å²) in [4.78, 5) is 4.31. The van der Waals surface area contributed by atoms with Gasteiger partial charge in [0.2, 0.25) is 0 Å². The van der Waals surface area contributed by atoms with Gasteiger partial charge in [-0.1, -0.05) is 48.5 Å². The number of halogens is 2. The zero-order valence-electron chi connectivity index (χ0n) is 10.8. The third kappa shape index (κ3) is 2.27. The van der Waals surface area contributed by atoms with Gasteiger partial charge in [0.15, 0.2) is 11.6 Å². The van der Waals surface area contributed by atoms with Gasteiger partial charge in [-0.25, -0.2) is 8.78 Å². The van der Waals surface area contributed by atoms with Gasteiger partial charge in [-0.05, 0) is 11.6 Å². The summed E-state index contributed by atoms with van der Waals surface area (Å²) in [6.07, 6.45) is 4.46. The smallest absolute Gasteiger partial charge is 0.163 e.